The van der Waals surface area contributed by atoms with Gasteiger partial charge in [-0.15, -0.1) is 0 Å². The van der Waals surface area contributed by atoms with Crippen LogP contribution in [0.15, 0.2) is 41.5 Å². The molecule has 0 radical (unpaired) electrons. The molecule has 0 aromatic heterocycles. The summed E-state index contributed by atoms with van der Waals surface area (Å²) in [5.41, 5.74) is 3.13. The van der Waals surface area contributed by atoms with E-state index in [1.54, 1.807) is 24.3 Å². The number of methoxy groups -OCH3 is 4. The third kappa shape index (κ3) is 6.01. The summed E-state index contributed by atoms with van der Waals surface area (Å²) in [6.45, 7) is -0.485. The molecule has 0 aliphatic carbocycles. The van der Waals surface area contributed by atoms with Gasteiger partial charge in [0.25, 0.3) is 5.91 Å². The molecular formula is C20H25N3O7S. The third-order valence-electron chi connectivity index (χ3n) is 4.17. The lowest BCUT2D eigenvalue weighted by molar-refractivity contribution is -0.119. The first-order valence-corrected chi connectivity index (χ1v) is 10.8. The van der Waals surface area contributed by atoms with E-state index in [1.807, 2.05) is 0 Å². The minimum atomic E-state index is -3.77. The maximum Gasteiger partial charge on any atom is 0.260 e. The van der Waals surface area contributed by atoms with E-state index >= 15 is 0 Å². The van der Waals surface area contributed by atoms with Crippen LogP contribution in [0.3, 0.4) is 0 Å². The first-order chi connectivity index (χ1) is 14.7. The number of para-hydroxylation sites is 1. The monoisotopic (exact) mass is 451 g/mol. The smallest absolute Gasteiger partial charge is 0.260 e. The number of nitrogens with zero attached hydrogens (tertiary/aromatic N) is 2. The zero-order valence-electron chi connectivity index (χ0n) is 17.9. The fourth-order valence-corrected chi connectivity index (χ4v) is 3.58. The fraction of sp³-hybridized carbons (Fsp3) is 0.300. The number of nitrogens with one attached hydrogen (secondary N) is 1. The van der Waals surface area contributed by atoms with Crippen LogP contribution >= 0.6 is 0 Å². The average molecular weight is 452 g/mol. The van der Waals surface area contributed by atoms with Crippen LogP contribution in [-0.4, -0.2) is 61.8 Å². The minimum Gasteiger partial charge on any atom is -0.493 e. The van der Waals surface area contributed by atoms with E-state index in [1.165, 1.54) is 46.8 Å². The van der Waals surface area contributed by atoms with Gasteiger partial charge in [0.15, 0.2) is 23.0 Å². The van der Waals surface area contributed by atoms with Gasteiger partial charge in [-0.1, -0.05) is 6.07 Å². The molecule has 2 rings (SSSR count). The highest BCUT2D eigenvalue weighted by atomic mass is 32.2. The van der Waals surface area contributed by atoms with Gasteiger partial charge in [-0.2, -0.15) is 5.10 Å². The Hall–Kier alpha value is -3.47. The lowest BCUT2D eigenvalue weighted by atomic mass is 10.2. The number of carbonyl (C=O) groups excluding carboxylic acids is 1. The number of benzene rings is 2. The fourth-order valence-electron chi connectivity index (χ4n) is 2.73. The molecule has 11 heteroatoms. The van der Waals surface area contributed by atoms with Crippen LogP contribution in [0.25, 0.3) is 0 Å². The first-order valence-electron chi connectivity index (χ1n) is 8.97. The Morgan fingerprint density at radius 3 is 2.26 bits per heavy atom. The number of hydrogen-bond acceptors (Lipinski definition) is 8. The van der Waals surface area contributed by atoms with E-state index in [2.05, 4.69) is 10.5 Å². The van der Waals surface area contributed by atoms with Crippen molar-refractivity contribution >= 4 is 27.8 Å². The zero-order valence-corrected chi connectivity index (χ0v) is 18.7. The van der Waals surface area contributed by atoms with E-state index in [9.17, 15) is 13.2 Å². The Bertz CT molecular complexity index is 1050. The topological polar surface area (TPSA) is 116 Å². The second-order valence-electron chi connectivity index (χ2n) is 6.18. The molecule has 31 heavy (non-hydrogen) atoms. The van der Waals surface area contributed by atoms with E-state index in [-0.39, 0.29) is 5.69 Å². The van der Waals surface area contributed by atoms with Gasteiger partial charge in [-0.05, 0) is 24.3 Å². The summed E-state index contributed by atoms with van der Waals surface area (Å²) in [4.78, 5) is 12.4. The maximum atomic E-state index is 12.4. The van der Waals surface area contributed by atoms with Crippen LogP contribution in [0, 0.1) is 0 Å². The molecule has 0 unspecified atom stereocenters. The van der Waals surface area contributed by atoms with Gasteiger partial charge in [0, 0.05) is 11.6 Å². The predicted octanol–water partition coefficient (Wildman–Crippen LogP) is 1.64. The molecule has 1 N–H and O–H groups in total. The van der Waals surface area contributed by atoms with E-state index < -0.39 is 22.5 Å². The molecule has 10 nitrogen and oxygen atoms in total. The van der Waals surface area contributed by atoms with Crippen LogP contribution in [0.1, 0.15) is 5.56 Å². The van der Waals surface area contributed by atoms with Crippen molar-refractivity contribution in [2.75, 3.05) is 45.5 Å². The summed E-state index contributed by atoms with van der Waals surface area (Å²) in [6.07, 6.45) is 2.38. The highest BCUT2D eigenvalue weighted by Crippen LogP contribution is 2.32. The molecule has 0 aliphatic heterocycles. The molecule has 2 aromatic carbocycles. The van der Waals surface area contributed by atoms with Crippen molar-refractivity contribution in [2.45, 2.75) is 0 Å². The number of hydrogen-bond donors (Lipinski definition) is 1. The molecule has 168 valence electrons. The molecule has 0 saturated carbocycles. The predicted molar refractivity (Wildman–Crippen MR) is 117 cm³/mol. The van der Waals surface area contributed by atoms with Gasteiger partial charge in [0.2, 0.25) is 10.0 Å². The molecular weight excluding hydrogens is 426 g/mol. The Morgan fingerprint density at radius 1 is 1.00 bits per heavy atom. The summed E-state index contributed by atoms with van der Waals surface area (Å²) in [5.74, 6) is 1.08. The molecule has 0 aliphatic rings. The van der Waals surface area contributed by atoms with Crippen molar-refractivity contribution in [3.63, 3.8) is 0 Å². The summed E-state index contributed by atoms with van der Waals surface area (Å²) >= 11 is 0. The van der Waals surface area contributed by atoms with Crippen molar-refractivity contribution in [2.24, 2.45) is 5.10 Å². The second kappa shape index (κ2) is 10.5. The lowest BCUT2D eigenvalue weighted by Crippen LogP contribution is -2.39. The largest absolute Gasteiger partial charge is 0.493 e. The Balaban J connectivity index is 2.19. The number of amides is 1. The molecule has 0 heterocycles. The summed E-state index contributed by atoms with van der Waals surface area (Å²) in [6, 6.07) is 9.73. The van der Waals surface area contributed by atoms with E-state index in [0.717, 1.165) is 10.6 Å². The van der Waals surface area contributed by atoms with Gasteiger partial charge in [-0.25, -0.2) is 13.8 Å². The Labute approximate surface area is 181 Å². The minimum absolute atomic E-state index is 0.244. The van der Waals surface area contributed by atoms with Crippen LogP contribution in [0.4, 0.5) is 5.69 Å². The van der Waals surface area contributed by atoms with Crippen molar-refractivity contribution < 1.29 is 32.2 Å². The molecule has 0 bridgehead atoms. The van der Waals surface area contributed by atoms with Crippen LogP contribution in [-0.2, 0) is 14.8 Å². The van der Waals surface area contributed by atoms with Crippen LogP contribution in [0.2, 0.25) is 0 Å². The van der Waals surface area contributed by atoms with E-state index in [0.29, 0.717) is 28.6 Å². The molecule has 0 saturated heterocycles. The summed E-state index contributed by atoms with van der Waals surface area (Å²) < 4.78 is 46.4. The highest BCUT2D eigenvalue weighted by molar-refractivity contribution is 7.92. The second-order valence-corrected chi connectivity index (χ2v) is 8.09. The van der Waals surface area contributed by atoms with Gasteiger partial charge < -0.3 is 18.9 Å². The Morgan fingerprint density at radius 2 is 1.68 bits per heavy atom. The number of hydrazone groups is 1. The highest BCUT2D eigenvalue weighted by Gasteiger charge is 2.22. The van der Waals surface area contributed by atoms with Gasteiger partial charge in [0.05, 0.1) is 46.6 Å². The van der Waals surface area contributed by atoms with Gasteiger partial charge >= 0.3 is 0 Å². The average Bonchev–Trinajstić information content (AvgIpc) is 2.75. The van der Waals surface area contributed by atoms with Crippen LogP contribution in [0.5, 0.6) is 23.0 Å². The number of anilines is 1. The maximum absolute atomic E-state index is 12.4. The first kappa shape index (κ1) is 23.8. The molecule has 0 fully saturated rings. The normalized spacial score (nSPS) is 11.1. The molecule has 0 atom stereocenters. The standard InChI is InChI=1S/C20H25N3O7S/c1-27-16-10-9-15(11-18(16)29-3)23(31(5,25)26)13-19(24)22-21-12-14-7-6-8-17(28-2)20(14)30-4/h6-12H,13H2,1-5H3,(H,22,24)/b21-12-. The molecule has 2 aromatic rings. The summed E-state index contributed by atoms with van der Waals surface area (Å²) in [7, 11) is 2.13. The SMILES string of the molecule is COc1ccc(N(CC(=O)N/N=C\c2cccc(OC)c2OC)S(C)(=O)=O)cc1OC. The number of sulfonamides is 1. The van der Waals surface area contributed by atoms with Gasteiger partial charge in [-0.3, -0.25) is 9.10 Å². The summed E-state index contributed by atoms with van der Waals surface area (Å²) in [5, 5.41) is 3.89. The molecule has 0 spiro atoms. The molecule has 1 amide bonds. The van der Waals surface area contributed by atoms with Crippen LogP contribution < -0.4 is 28.7 Å². The zero-order chi connectivity index (χ0) is 23.0. The van der Waals surface area contributed by atoms with Crippen molar-refractivity contribution in [1.82, 2.24) is 5.43 Å². The Kier molecular flexibility index (Phi) is 8.08. The quantitative estimate of drug-likeness (QED) is 0.431. The number of ether oxygens (including phenoxy) is 4. The number of rotatable bonds is 10. The van der Waals surface area contributed by atoms with E-state index in [4.69, 9.17) is 18.9 Å². The number of carbonyl (C=O) groups is 1. The lowest BCUT2D eigenvalue weighted by Gasteiger charge is -2.22. The van der Waals surface area contributed by atoms with Crippen molar-refractivity contribution in [3.8, 4) is 23.0 Å². The van der Waals surface area contributed by atoms with Crippen molar-refractivity contribution in [3.05, 3.63) is 42.0 Å². The third-order valence-corrected chi connectivity index (χ3v) is 5.31. The van der Waals surface area contributed by atoms with Crippen molar-refractivity contribution in [1.29, 1.82) is 0 Å². The van der Waals surface area contributed by atoms with Gasteiger partial charge in [0.1, 0.15) is 6.54 Å².